The predicted molar refractivity (Wildman–Crippen MR) is 70.5 cm³/mol. The van der Waals surface area contributed by atoms with Crippen LogP contribution in [0.5, 0.6) is 0 Å². The van der Waals surface area contributed by atoms with Crippen molar-refractivity contribution in [2.24, 2.45) is 5.41 Å². The molecule has 0 saturated carbocycles. The molecule has 1 aromatic heterocycles. The highest BCUT2D eigenvalue weighted by molar-refractivity contribution is 5.68. The maximum atomic E-state index is 10.9. The molecule has 0 spiro atoms. The third kappa shape index (κ3) is 5.34. The molecule has 0 saturated heterocycles. The van der Waals surface area contributed by atoms with Gasteiger partial charge >= 0.3 is 5.97 Å². The SMILES string of the molecule is CC(C)(C)CC(CC(=O)O)Nc1nnccc1C#N. The lowest BCUT2D eigenvalue weighted by Crippen LogP contribution is -2.29. The highest BCUT2D eigenvalue weighted by Gasteiger charge is 2.22. The van der Waals surface area contributed by atoms with E-state index in [2.05, 4.69) is 15.5 Å². The zero-order valence-electron chi connectivity index (χ0n) is 11.3. The molecule has 0 aliphatic heterocycles. The number of nitrogens with zero attached hydrogens (tertiary/aromatic N) is 3. The number of anilines is 1. The van der Waals surface area contributed by atoms with Gasteiger partial charge in [-0.1, -0.05) is 20.8 Å². The Bertz CT molecular complexity index is 488. The van der Waals surface area contributed by atoms with Gasteiger partial charge in [0.1, 0.15) is 6.07 Å². The zero-order valence-corrected chi connectivity index (χ0v) is 11.3. The van der Waals surface area contributed by atoms with Crippen LogP contribution < -0.4 is 5.32 Å². The minimum atomic E-state index is -0.885. The summed E-state index contributed by atoms with van der Waals surface area (Å²) in [6.07, 6.45) is 2.05. The van der Waals surface area contributed by atoms with Crippen molar-refractivity contribution in [3.63, 3.8) is 0 Å². The average Bonchev–Trinajstić information content (AvgIpc) is 2.26. The van der Waals surface area contributed by atoms with E-state index in [1.165, 1.54) is 6.20 Å². The molecule has 0 aliphatic carbocycles. The summed E-state index contributed by atoms with van der Waals surface area (Å²) in [6, 6.07) is 3.26. The summed E-state index contributed by atoms with van der Waals surface area (Å²) in [6.45, 7) is 6.10. The van der Waals surface area contributed by atoms with E-state index in [4.69, 9.17) is 10.4 Å². The molecule has 1 heterocycles. The van der Waals surface area contributed by atoms with Gasteiger partial charge in [0.2, 0.25) is 0 Å². The van der Waals surface area contributed by atoms with Gasteiger partial charge in [-0.25, -0.2) is 0 Å². The van der Waals surface area contributed by atoms with E-state index in [1.54, 1.807) is 6.07 Å². The Balaban J connectivity index is 2.88. The van der Waals surface area contributed by atoms with Crippen LogP contribution in [0.25, 0.3) is 0 Å². The van der Waals surface area contributed by atoms with Gasteiger partial charge in [-0.3, -0.25) is 4.79 Å². The van der Waals surface area contributed by atoms with Crippen LogP contribution in [0, 0.1) is 16.7 Å². The van der Waals surface area contributed by atoms with E-state index in [9.17, 15) is 4.79 Å². The molecule has 0 amide bonds. The molecule has 0 aliphatic rings. The number of aromatic nitrogens is 2. The van der Waals surface area contributed by atoms with Crippen LogP contribution in [0.1, 0.15) is 39.2 Å². The number of aliphatic carboxylic acids is 1. The number of hydrogen-bond acceptors (Lipinski definition) is 5. The van der Waals surface area contributed by atoms with Crippen molar-refractivity contribution in [3.8, 4) is 6.07 Å². The number of nitriles is 1. The Kier molecular flexibility index (Phi) is 4.81. The van der Waals surface area contributed by atoms with Crippen LogP contribution in [-0.4, -0.2) is 27.3 Å². The van der Waals surface area contributed by atoms with E-state index in [0.717, 1.165) is 0 Å². The maximum absolute atomic E-state index is 10.9. The highest BCUT2D eigenvalue weighted by Crippen LogP contribution is 2.24. The van der Waals surface area contributed by atoms with Gasteiger partial charge in [0.15, 0.2) is 5.82 Å². The third-order valence-corrected chi connectivity index (χ3v) is 2.46. The molecule has 19 heavy (non-hydrogen) atoms. The first-order valence-corrected chi connectivity index (χ1v) is 6.02. The molecule has 0 fully saturated rings. The fraction of sp³-hybridized carbons (Fsp3) is 0.538. The Labute approximate surface area is 112 Å². The fourth-order valence-electron chi connectivity index (χ4n) is 1.85. The van der Waals surface area contributed by atoms with E-state index in [1.807, 2.05) is 26.8 Å². The molecule has 6 heteroatoms. The van der Waals surface area contributed by atoms with Crippen molar-refractivity contribution in [2.45, 2.75) is 39.7 Å². The molecule has 1 aromatic rings. The molecule has 0 aromatic carbocycles. The van der Waals surface area contributed by atoms with Crippen molar-refractivity contribution in [1.82, 2.24) is 10.2 Å². The normalized spacial score (nSPS) is 12.5. The van der Waals surface area contributed by atoms with Crippen LogP contribution in [0.2, 0.25) is 0 Å². The fourth-order valence-corrected chi connectivity index (χ4v) is 1.85. The average molecular weight is 262 g/mol. The molecule has 6 nitrogen and oxygen atoms in total. The number of carbonyl (C=O) groups is 1. The van der Waals surface area contributed by atoms with Crippen LogP contribution in [0.15, 0.2) is 12.3 Å². The third-order valence-electron chi connectivity index (χ3n) is 2.46. The molecule has 0 bridgehead atoms. The first kappa shape index (κ1) is 14.9. The number of carboxylic acids is 1. The van der Waals surface area contributed by atoms with Crippen LogP contribution in [0.4, 0.5) is 5.82 Å². The summed E-state index contributed by atoms with van der Waals surface area (Å²) in [7, 11) is 0. The van der Waals surface area contributed by atoms with Gasteiger partial charge in [-0.05, 0) is 17.9 Å². The van der Waals surface area contributed by atoms with Gasteiger partial charge < -0.3 is 10.4 Å². The lowest BCUT2D eigenvalue weighted by atomic mass is 9.87. The summed E-state index contributed by atoms with van der Waals surface area (Å²) < 4.78 is 0. The predicted octanol–water partition coefficient (Wildman–Crippen LogP) is 2.04. The Morgan fingerprint density at radius 2 is 2.26 bits per heavy atom. The minimum Gasteiger partial charge on any atom is -0.481 e. The summed E-state index contributed by atoms with van der Waals surface area (Å²) >= 11 is 0. The number of hydrogen-bond donors (Lipinski definition) is 2. The van der Waals surface area contributed by atoms with E-state index >= 15 is 0 Å². The monoisotopic (exact) mass is 262 g/mol. The molecule has 1 unspecified atom stereocenters. The van der Waals surface area contributed by atoms with Crippen molar-refractivity contribution in [1.29, 1.82) is 5.26 Å². The molecule has 2 N–H and O–H groups in total. The van der Waals surface area contributed by atoms with Gasteiger partial charge in [-0.2, -0.15) is 10.4 Å². The quantitative estimate of drug-likeness (QED) is 0.842. The first-order valence-electron chi connectivity index (χ1n) is 6.02. The zero-order chi connectivity index (χ0) is 14.5. The molecular formula is C13H18N4O2. The molecular weight excluding hydrogens is 244 g/mol. The summed E-state index contributed by atoms with van der Waals surface area (Å²) in [5, 5.41) is 28.5. The Hall–Kier alpha value is -2.16. The van der Waals surface area contributed by atoms with E-state index in [-0.39, 0.29) is 17.9 Å². The van der Waals surface area contributed by atoms with Gasteiger partial charge in [-0.15, -0.1) is 5.10 Å². The maximum Gasteiger partial charge on any atom is 0.305 e. The second-order valence-corrected chi connectivity index (χ2v) is 5.61. The van der Waals surface area contributed by atoms with E-state index < -0.39 is 5.97 Å². The van der Waals surface area contributed by atoms with Crippen molar-refractivity contribution >= 4 is 11.8 Å². The van der Waals surface area contributed by atoms with Gasteiger partial charge in [0, 0.05) is 6.04 Å². The highest BCUT2D eigenvalue weighted by atomic mass is 16.4. The van der Waals surface area contributed by atoms with Crippen LogP contribution >= 0.6 is 0 Å². The van der Waals surface area contributed by atoms with Crippen LogP contribution in [-0.2, 0) is 4.79 Å². The van der Waals surface area contributed by atoms with Crippen molar-refractivity contribution < 1.29 is 9.90 Å². The Morgan fingerprint density at radius 3 is 2.79 bits per heavy atom. The Morgan fingerprint density at radius 1 is 1.58 bits per heavy atom. The van der Waals surface area contributed by atoms with Gasteiger partial charge in [0.25, 0.3) is 0 Å². The largest absolute Gasteiger partial charge is 0.481 e. The second-order valence-electron chi connectivity index (χ2n) is 5.61. The van der Waals surface area contributed by atoms with Crippen LogP contribution in [0.3, 0.4) is 0 Å². The molecule has 1 atom stereocenters. The molecule has 1 rings (SSSR count). The summed E-state index contributed by atoms with van der Waals surface area (Å²) in [5.74, 6) is -0.551. The standard InChI is InChI=1S/C13H18N4O2/c1-13(2,3)7-10(6-11(18)19)16-12-9(8-14)4-5-15-17-12/h4-5,10H,6-7H2,1-3H3,(H,16,17)(H,18,19). The topological polar surface area (TPSA) is 98.9 Å². The van der Waals surface area contributed by atoms with Crippen molar-refractivity contribution in [2.75, 3.05) is 5.32 Å². The first-order chi connectivity index (χ1) is 8.81. The molecule has 0 radical (unpaired) electrons. The number of rotatable bonds is 5. The summed E-state index contributed by atoms with van der Waals surface area (Å²) in [5.41, 5.74) is 0.335. The smallest absolute Gasteiger partial charge is 0.305 e. The number of carboxylic acid groups (broad SMARTS) is 1. The lowest BCUT2D eigenvalue weighted by Gasteiger charge is -2.26. The summed E-state index contributed by atoms with van der Waals surface area (Å²) in [4.78, 5) is 10.9. The number of nitrogens with one attached hydrogen (secondary N) is 1. The second kappa shape index (κ2) is 6.14. The molecule has 102 valence electrons. The van der Waals surface area contributed by atoms with Crippen molar-refractivity contribution in [3.05, 3.63) is 17.8 Å². The van der Waals surface area contributed by atoms with E-state index in [0.29, 0.717) is 17.8 Å². The van der Waals surface area contributed by atoms with Gasteiger partial charge in [0.05, 0.1) is 18.2 Å². The minimum absolute atomic E-state index is 0.0257. The lowest BCUT2D eigenvalue weighted by molar-refractivity contribution is -0.137.